The fourth-order valence-corrected chi connectivity index (χ4v) is 5.93. The molecule has 6 rings (SSSR count). The number of nitrogens with zero attached hydrogens (tertiary/aromatic N) is 2. The molecule has 1 aliphatic rings. The molecule has 1 unspecified atom stereocenters. The number of carbonyl (C=O) groups excluding carboxylic acids is 1. The van der Waals surface area contributed by atoms with Gasteiger partial charge in [0.05, 0.1) is 27.8 Å². The van der Waals surface area contributed by atoms with Gasteiger partial charge in [-0.1, -0.05) is 29.5 Å². The first-order valence-corrected chi connectivity index (χ1v) is 11.8. The van der Waals surface area contributed by atoms with Crippen molar-refractivity contribution >= 4 is 54.9 Å². The summed E-state index contributed by atoms with van der Waals surface area (Å²) in [6.07, 6.45) is 0. The third kappa shape index (κ3) is 2.80. The van der Waals surface area contributed by atoms with Crippen molar-refractivity contribution in [2.24, 2.45) is 0 Å². The molecule has 32 heavy (non-hydrogen) atoms. The molecular formula is C24H16N2O4S2. The molecule has 0 aliphatic carbocycles. The molecule has 0 fully saturated rings. The lowest BCUT2D eigenvalue weighted by Crippen LogP contribution is -2.28. The molecule has 1 amide bonds. The summed E-state index contributed by atoms with van der Waals surface area (Å²) in [6, 6.07) is 16.0. The molecule has 0 radical (unpaired) electrons. The number of hydrogen-bond acceptors (Lipinski definition) is 7. The normalized spacial score (nSPS) is 15.6. The number of ether oxygens (including phenoxy) is 1. The number of rotatable bonds is 4. The topological polar surface area (TPSA) is 72.6 Å². The van der Waals surface area contributed by atoms with Crippen molar-refractivity contribution in [3.05, 3.63) is 86.4 Å². The SMILES string of the molecule is CCOc1ccc2nc(N3C(=O)c4oc5ccccc5c(=O)c4C3c3cccs3)sc2c1. The second-order valence-electron chi connectivity index (χ2n) is 7.32. The zero-order valence-electron chi connectivity index (χ0n) is 16.9. The van der Waals surface area contributed by atoms with Crippen LogP contribution in [0.15, 0.2) is 69.2 Å². The van der Waals surface area contributed by atoms with Crippen LogP contribution in [0.1, 0.15) is 34.0 Å². The van der Waals surface area contributed by atoms with Crippen molar-refractivity contribution in [3.63, 3.8) is 0 Å². The molecule has 3 aromatic heterocycles. The van der Waals surface area contributed by atoms with Crippen LogP contribution >= 0.6 is 22.7 Å². The van der Waals surface area contributed by atoms with Gasteiger partial charge in [-0.25, -0.2) is 4.98 Å². The van der Waals surface area contributed by atoms with E-state index in [4.69, 9.17) is 14.1 Å². The van der Waals surface area contributed by atoms with Crippen LogP contribution in [0.5, 0.6) is 5.75 Å². The molecule has 0 saturated heterocycles. The summed E-state index contributed by atoms with van der Waals surface area (Å²) in [6.45, 7) is 2.50. The van der Waals surface area contributed by atoms with Gasteiger partial charge < -0.3 is 9.15 Å². The zero-order valence-corrected chi connectivity index (χ0v) is 18.5. The third-order valence-corrected chi connectivity index (χ3v) is 7.40. The van der Waals surface area contributed by atoms with Crippen LogP contribution in [0.3, 0.4) is 0 Å². The molecule has 2 aromatic carbocycles. The van der Waals surface area contributed by atoms with Gasteiger partial charge in [0.2, 0.25) is 5.76 Å². The number of benzene rings is 2. The number of aromatic nitrogens is 1. The van der Waals surface area contributed by atoms with E-state index in [1.54, 1.807) is 29.2 Å². The van der Waals surface area contributed by atoms with Crippen LogP contribution in [-0.4, -0.2) is 17.5 Å². The van der Waals surface area contributed by atoms with Gasteiger partial charge in [-0.05, 0) is 48.7 Å². The van der Waals surface area contributed by atoms with E-state index in [2.05, 4.69) is 0 Å². The lowest BCUT2D eigenvalue weighted by atomic mass is 10.0. The standard InChI is InChI=1S/C24H16N2O4S2/c1-2-29-13-9-10-15-18(12-13)32-24(25-15)26-20(17-8-5-11-31-17)19-21(27)14-6-3-4-7-16(14)30-22(19)23(26)28/h3-12,20H,2H2,1H3. The molecule has 4 heterocycles. The van der Waals surface area contributed by atoms with Gasteiger partial charge in [-0.2, -0.15) is 0 Å². The maximum Gasteiger partial charge on any atom is 0.297 e. The van der Waals surface area contributed by atoms with Gasteiger partial charge >= 0.3 is 0 Å². The van der Waals surface area contributed by atoms with E-state index in [1.807, 2.05) is 42.6 Å². The molecule has 0 bridgehead atoms. The smallest absolute Gasteiger partial charge is 0.297 e. The first kappa shape index (κ1) is 19.2. The van der Waals surface area contributed by atoms with Gasteiger partial charge in [-0.3, -0.25) is 14.5 Å². The number of thiazole rings is 1. The summed E-state index contributed by atoms with van der Waals surface area (Å²) in [5.41, 5.74) is 1.36. The molecule has 6 nitrogen and oxygen atoms in total. The number of thiophene rings is 1. The molecule has 1 atom stereocenters. The highest BCUT2D eigenvalue weighted by Crippen LogP contribution is 2.45. The van der Waals surface area contributed by atoms with E-state index in [1.165, 1.54) is 22.7 Å². The predicted octanol–water partition coefficient (Wildman–Crippen LogP) is 5.61. The first-order chi connectivity index (χ1) is 15.7. The Morgan fingerprint density at radius 1 is 1.12 bits per heavy atom. The van der Waals surface area contributed by atoms with Crippen LogP contribution < -0.4 is 15.1 Å². The van der Waals surface area contributed by atoms with Crippen molar-refractivity contribution in [3.8, 4) is 5.75 Å². The Kier molecular flexibility index (Phi) is 4.38. The number of carbonyl (C=O) groups is 1. The zero-order chi connectivity index (χ0) is 21.8. The van der Waals surface area contributed by atoms with Crippen LogP contribution in [0, 0.1) is 0 Å². The van der Waals surface area contributed by atoms with Crippen LogP contribution in [0.25, 0.3) is 21.2 Å². The molecule has 0 saturated carbocycles. The largest absolute Gasteiger partial charge is 0.494 e. The van der Waals surface area contributed by atoms with Gasteiger partial charge in [0.25, 0.3) is 5.91 Å². The number of anilines is 1. The number of para-hydroxylation sites is 1. The lowest BCUT2D eigenvalue weighted by Gasteiger charge is -2.20. The molecule has 0 spiro atoms. The Morgan fingerprint density at radius 2 is 2.00 bits per heavy atom. The average Bonchev–Trinajstić information content (AvgIpc) is 3.52. The number of hydrogen-bond donors (Lipinski definition) is 0. The fraction of sp³-hybridized carbons (Fsp3) is 0.125. The quantitative estimate of drug-likeness (QED) is 0.348. The molecule has 1 aliphatic heterocycles. The van der Waals surface area contributed by atoms with Crippen molar-refractivity contribution in [1.82, 2.24) is 4.98 Å². The molecule has 5 aromatic rings. The van der Waals surface area contributed by atoms with Crippen molar-refractivity contribution in [1.29, 1.82) is 0 Å². The Balaban J connectivity index is 1.58. The van der Waals surface area contributed by atoms with E-state index >= 15 is 0 Å². The van der Waals surface area contributed by atoms with E-state index in [0.29, 0.717) is 28.3 Å². The third-order valence-electron chi connectivity index (χ3n) is 5.46. The minimum absolute atomic E-state index is 0.0846. The van der Waals surface area contributed by atoms with Gasteiger partial charge in [-0.15, -0.1) is 11.3 Å². The summed E-state index contributed by atoms with van der Waals surface area (Å²) in [5, 5.41) is 2.92. The monoisotopic (exact) mass is 460 g/mol. The van der Waals surface area contributed by atoms with Gasteiger partial charge in [0.1, 0.15) is 17.4 Å². The average molecular weight is 461 g/mol. The van der Waals surface area contributed by atoms with Crippen LogP contribution in [0.2, 0.25) is 0 Å². The van der Waals surface area contributed by atoms with Gasteiger partial charge in [0, 0.05) is 4.88 Å². The van der Waals surface area contributed by atoms with E-state index in [-0.39, 0.29) is 17.1 Å². The molecule has 8 heteroatoms. The minimum Gasteiger partial charge on any atom is -0.494 e. The highest BCUT2D eigenvalue weighted by Gasteiger charge is 2.45. The highest BCUT2D eigenvalue weighted by molar-refractivity contribution is 7.22. The summed E-state index contributed by atoms with van der Waals surface area (Å²) in [7, 11) is 0. The van der Waals surface area contributed by atoms with Gasteiger partial charge in [0.15, 0.2) is 10.6 Å². The predicted molar refractivity (Wildman–Crippen MR) is 126 cm³/mol. The first-order valence-electron chi connectivity index (χ1n) is 10.1. The number of fused-ring (bicyclic) bond motifs is 3. The highest BCUT2D eigenvalue weighted by atomic mass is 32.1. The lowest BCUT2D eigenvalue weighted by molar-refractivity contribution is 0.0971. The minimum atomic E-state index is -0.578. The second kappa shape index (κ2) is 7.29. The molecule has 0 N–H and O–H groups in total. The van der Waals surface area contributed by atoms with Crippen molar-refractivity contribution < 1.29 is 13.9 Å². The van der Waals surface area contributed by atoms with Crippen molar-refractivity contribution in [2.45, 2.75) is 13.0 Å². The fourth-order valence-electron chi connectivity index (χ4n) is 4.09. The summed E-state index contributed by atoms with van der Waals surface area (Å²) >= 11 is 2.89. The Hall–Kier alpha value is -3.49. The summed E-state index contributed by atoms with van der Waals surface area (Å²) < 4.78 is 12.5. The van der Waals surface area contributed by atoms with Crippen molar-refractivity contribution in [2.75, 3.05) is 11.5 Å². The Bertz CT molecular complexity index is 1550. The van der Waals surface area contributed by atoms with E-state index in [9.17, 15) is 9.59 Å². The molecular weight excluding hydrogens is 444 g/mol. The van der Waals surface area contributed by atoms with E-state index < -0.39 is 6.04 Å². The maximum absolute atomic E-state index is 13.6. The summed E-state index contributed by atoms with van der Waals surface area (Å²) in [4.78, 5) is 34.2. The summed E-state index contributed by atoms with van der Waals surface area (Å²) in [5.74, 6) is 0.482. The van der Waals surface area contributed by atoms with Crippen LogP contribution in [0.4, 0.5) is 5.13 Å². The maximum atomic E-state index is 13.6. The van der Waals surface area contributed by atoms with Crippen LogP contribution in [-0.2, 0) is 0 Å². The Morgan fingerprint density at radius 3 is 2.81 bits per heavy atom. The molecule has 158 valence electrons. The second-order valence-corrected chi connectivity index (χ2v) is 9.31. The van der Waals surface area contributed by atoms with E-state index in [0.717, 1.165) is 20.8 Å². The Labute approximate surface area is 190 Å². The number of amides is 1.